The molecule has 0 saturated carbocycles. The van der Waals surface area contributed by atoms with Crippen LogP contribution in [0.3, 0.4) is 0 Å². The fourth-order valence-electron chi connectivity index (χ4n) is 1.27. The van der Waals surface area contributed by atoms with Gasteiger partial charge in [0.1, 0.15) is 0 Å². The molecule has 1 atom stereocenters. The lowest BCUT2D eigenvalue weighted by atomic mass is 10.2. The third-order valence-corrected chi connectivity index (χ3v) is 2.89. The van der Waals surface area contributed by atoms with E-state index in [1.54, 1.807) is 6.08 Å². The Balaban J connectivity index is 2.53. The number of benzene rings is 1. The summed E-state index contributed by atoms with van der Waals surface area (Å²) < 4.78 is 1.01. The lowest BCUT2D eigenvalue weighted by molar-refractivity contribution is -0.117. The molecule has 0 spiro atoms. The van der Waals surface area contributed by atoms with Gasteiger partial charge in [0.05, 0.1) is 12.6 Å². The zero-order chi connectivity index (χ0) is 12.7. The average Bonchev–Trinajstić information content (AvgIpc) is 2.35. The number of carbonyl (C=O) groups excluding carboxylic acids is 1. The first-order valence-corrected chi connectivity index (χ1v) is 6.30. The Bertz CT molecular complexity index is 383. The predicted octanol–water partition coefficient (Wildman–Crippen LogP) is 2.35. The number of carbonyl (C=O) groups is 1. The zero-order valence-corrected chi connectivity index (χ0v) is 11.3. The second kappa shape index (κ2) is 7.25. The second-order valence-corrected chi connectivity index (χ2v) is 4.60. The van der Waals surface area contributed by atoms with Crippen LogP contribution in [0, 0.1) is 0 Å². The summed E-state index contributed by atoms with van der Waals surface area (Å²) in [6, 6.07) is 7.49. The summed E-state index contributed by atoms with van der Waals surface area (Å²) >= 11 is 3.35. The number of nitrogens with one attached hydrogen (secondary N) is 1. The molecule has 1 aromatic rings. The lowest BCUT2D eigenvalue weighted by Gasteiger charge is -2.11. The molecule has 0 saturated heterocycles. The van der Waals surface area contributed by atoms with E-state index >= 15 is 0 Å². The molecule has 0 heterocycles. The molecule has 0 aliphatic heterocycles. The minimum Gasteiger partial charge on any atom is -0.394 e. The van der Waals surface area contributed by atoms with Gasteiger partial charge in [0.15, 0.2) is 0 Å². The molecule has 0 bridgehead atoms. The molecular weight excluding hydrogens is 282 g/mol. The Morgan fingerprint density at radius 3 is 2.65 bits per heavy atom. The van der Waals surface area contributed by atoms with Crippen LogP contribution in [-0.2, 0) is 4.79 Å². The molecule has 3 nitrogen and oxygen atoms in total. The van der Waals surface area contributed by atoms with Gasteiger partial charge in [-0.1, -0.05) is 35.0 Å². The highest BCUT2D eigenvalue weighted by Gasteiger charge is 2.05. The second-order valence-electron chi connectivity index (χ2n) is 3.68. The molecule has 1 rings (SSSR count). The van der Waals surface area contributed by atoms with Crippen molar-refractivity contribution in [1.82, 2.24) is 5.32 Å². The monoisotopic (exact) mass is 297 g/mol. The van der Waals surface area contributed by atoms with E-state index in [2.05, 4.69) is 21.2 Å². The molecule has 0 unspecified atom stereocenters. The Kier molecular flexibility index (Phi) is 5.94. The molecule has 2 N–H and O–H groups in total. The maximum Gasteiger partial charge on any atom is 0.244 e. The minimum absolute atomic E-state index is 0.0334. The summed E-state index contributed by atoms with van der Waals surface area (Å²) in [5.74, 6) is -0.186. The van der Waals surface area contributed by atoms with Crippen molar-refractivity contribution in [2.45, 2.75) is 19.4 Å². The molecule has 4 heteroatoms. The maximum atomic E-state index is 11.5. The van der Waals surface area contributed by atoms with Crippen LogP contribution in [0.1, 0.15) is 18.9 Å². The van der Waals surface area contributed by atoms with Gasteiger partial charge in [-0.15, -0.1) is 0 Å². The Morgan fingerprint density at radius 2 is 2.12 bits per heavy atom. The minimum atomic E-state index is -0.186. The van der Waals surface area contributed by atoms with Gasteiger partial charge in [0.2, 0.25) is 5.91 Å². The van der Waals surface area contributed by atoms with Crippen molar-refractivity contribution in [3.8, 4) is 0 Å². The topological polar surface area (TPSA) is 49.3 Å². The van der Waals surface area contributed by atoms with Gasteiger partial charge in [-0.05, 0) is 30.2 Å². The molecule has 0 aliphatic carbocycles. The highest BCUT2D eigenvalue weighted by molar-refractivity contribution is 9.10. The number of rotatable bonds is 5. The summed E-state index contributed by atoms with van der Waals surface area (Å²) in [6.07, 6.45) is 3.93. The van der Waals surface area contributed by atoms with Crippen LogP contribution < -0.4 is 5.32 Å². The molecule has 1 aromatic carbocycles. The van der Waals surface area contributed by atoms with Gasteiger partial charge in [0.25, 0.3) is 0 Å². The first kappa shape index (κ1) is 13.9. The lowest BCUT2D eigenvalue weighted by Crippen LogP contribution is -2.35. The summed E-state index contributed by atoms with van der Waals surface area (Å²) in [6.45, 7) is 1.88. The fraction of sp³-hybridized carbons (Fsp3) is 0.308. The van der Waals surface area contributed by atoms with Crippen LogP contribution in [0.5, 0.6) is 0 Å². The SMILES string of the molecule is CC[C@H](CO)NC(=O)/C=C/c1ccc(Br)cc1. The summed E-state index contributed by atoms with van der Waals surface area (Å²) in [5, 5.41) is 11.7. The van der Waals surface area contributed by atoms with Crippen LogP contribution >= 0.6 is 15.9 Å². The maximum absolute atomic E-state index is 11.5. The molecule has 0 aromatic heterocycles. The standard InChI is InChI=1S/C13H16BrNO2/c1-2-12(9-16)15-13(17)8-5-10-3-6-11(14)7-4-10/h3-8,12,16H,2,9H2,1H3,(H,15,17)/b8-5+/t12-/m1/s1. The Labute approximate surface area is 110 Å². The zero-order valence-electron chi connectivity index (χ0n) is 9.69. The third kappa shape index (κ3) is 5.15. The average molecular weight is 298 g/mol. The number of hydrogen-bond acceptors (Lipinski definition) is 2. The molecule has 1 amide bonds. The van der Waals surface area contributed by atoms with Crippen LogP contribution in [0.4, 0.5) is 0 Å². The number of aliphatic hydroxyl groups is 1. The predicted molar refractivity (Wildman–Crippen MR) is 72.5 cm³/mol. The van der Waals surface area contributed by atoms with Crippen molar-refractivity contribution in [1.29, 1.82) is 0 Å². The Hall–Kier alpha value is -1.13. The first-order valence-electron chi connectivity index (χ1n) is 5.50. The molecule has 0 radical (unpaired) electrons. The van der Waals surface area contributed by atoms with E-state index < -0.39 is 0 Å². The van der Waals surface area contributed by atoms with Gasteiger partial charge in [-0.2, -0.15) is 0 Å². The van der Waals surface area contributed by atoms with Gasteiger partial charge in [-0.3, -0.25) is 4.79 Å². The number of hydrogen-bond donors (Lipinski definition) is 2. The number of halogens is 1. The van der Waals surface area contributed by atoms with E-state index in [0.717, 1.165) is 10.0 Å². The van der Waals surface area contributed by atoms with Gasteiger partial charge < -0.3 is 10.4 Å². The molecule has 92 valence electrons. The van der Waals surface area contributed by atoms with E-state index in [1.807, 2.05) is 31.2 Å². The number of amides is 1. The van der Waals surface area contributed by atoms with Crippen molar-refractivity contribution >= 4 is 27.9 Å². The van der Waals surface area contributed by atoms with Crippen LogP contribution in [0.2, 0.25) is 0 Å². The van der Waals surface area contributed by atoms with E-state index in [4.69, 9.17) is 5.11 Å². The molecule has 0 aliphatic rings. The van der Waals surface area contributed by atoms with Crippen molar-refractivity contribution < 1.29 is 9.90 Å². The van der Waals surface area contributed by atoms with Crippen molar-refractivity contribution in [2.24, 2.45) is 0 Å². The van der Waals surface area contributed by atoms with Crippen molar-refractivity contribution in [3.05, 3.63) is 40.4 Å². The van der Waals surface area contributed by atoms with Gasteiger partial charge in [-0.25, -0.2) is 0 Å². The summed E-state index contributed by atoms with van der Waals surface area (Å²) in [5.41, 5.74) is 0.959. The van der Waals surface area contributed by atoms with Crippen molar-refractivity contribution in [3.63, 3.8) is 0 Å². The van der Waals surface area contributed by atoms with Crippen LogP contribution in [-0.4, -0.2) is 23.7 Å². The third-order valence-electron chi connectivity index (χ3n) is 2.36. The first-order chi connectivity index (χ1) is 8.15. The van der Waals surface area contributed by atoms with Gasteiger partial charge in [0, 0.05) is 10.5 Å². The van der Waals surface area contributed by atoms with Crippen LogP contribution in [0.15, 0.2) is 34.8 Å². The largest absolute Gasteiger partial charge is 0.394 e. The van der Waals surface area contributed by atoms with E-state index in [1.165, 1.54) is 6.08 Å². The quantitative estimate of drug-likeness (QED) is 0.820. The molecule has 17 heavy (non-hydrogen) atoms. The van der Waals surface area contributed by atoms with E-state index in [9.17, 15) is 4.79 Å². The molecular formula is C13H16BrNO2. The highest BCUT2D eigenvalue weighted by Crippen LogP contribution is 2.11. The smallest absolute Gasteiger partial charge is 0.244 e. The molecule has 0 fully saturated rings. The Morgan fingerprint density at radius 1 is 1.47 bits per heavy atom. The van der Waals surface area contributed by atoms with Gasteiger partial charge >= 0.3 is 0 Å². The number of aliphatic hydroxyl groups excluding tert-OH is 1. The summed E-state index contributed by atoms with van der Waals surface area (Å²) in [7, 11) is 0. The fourth-order valence-corrected chi connectivity index (χ4v) is 1.54. The van der Waals surface area contributed by atoms with Crippen molar-refractivity contribution in [2.75, 3.05) is 6.61 Å². The van der Waals surface area contributed by atoms with E-state index in [-0.39, 0.29) is 18.6 Å². The summed E-state index contributed by atoms with van der Waals surface area (Å²) in [4.78, 5) is 11.5. The highest BCUT2D eigenvalue weighted by atomic mass is 79.9. The normalized spacial score (nSPS) is 12.6. The van der Waals surface area contributed by atoms with Crippen LogP contribution in [0.25, 0.3) is 6.08 Å². The van der Waals surface area contributed by atoms with E-state index in [0.29, 0.717) is 6.42 Å².